The van der Waals surface area contributed by atoms with Crippen LogP contribution in [0.4, 0.5) is 21.9 Å². The van der Waals surface area contributed by atoms with Gasteiger partial charge >= 0.3 is 6.03 Å². The van der Waals surface area contributed by atoms with Gasteiger partial charge in [-0.05, 0) is 30.7 Å². The number of nitrogens with one attached hydrogen (secondary N) is 3. The second kappa shape index (κ2) is 7.30. The predicted molar refractivity (Wildman–Crippen MR) is 106 cm³/mol. The van der Waals surface area contributed by atoms with Crippen LogP contribution in [0.2, 0.25) is 0 Å². The van der Waals surface area contributed by atoms with E-state index in [0.717, 1.165) is 11.4 Å². The van der Waals surface area contributed by atoms with E-state index < -0.39 is 0 Å². The highest BCUT2D eigenvalue weighted by molar-refractivity contribution is 6.04. The molecule has 1 saturated heterocycles. The first kappa shape index (κ1) is 18.0. The Labute approximate surface area is 162 Å². The molecule has 2 heterocycles. The smallest absolute Gasteiger partial charge is 0.319 e. The summed E-state index contributed by atoms with van der Waals surface area (Å²) in [6, 6.07) is 12.2. The van der Waals surface area contributed by atoms with E-state index in [1.54, 1.807) is 25.3 Å². The predicted octanol–water partition coefficient (Wildman–Crippen LogP) is 2.42. The summed E-state index contributed by atoms with van der Waals surface area (Å²) in [5.74, 6) is 0.946. The van der Waals surface area contributed by atoms with Crippen LogP contribution >= 0.6 is 0 Å². The Hall–Kier alpha value is -3.42. The second-order valence-electron chi connectivity index (χ2n) is 6.75. The van der Waals surface area contributed by atoms with Gasteiger partial charge in [-0.1, -0.05) is 18.2 Å². The highest BCUT2D eigenvalue weighted by Gasteiger charge is 2.41. The van der Waals surface area contributed by atoms with E-state index in [1.165, 1.54) is 7.11 Å². The number of benzene rings is 2. The van der Waals surface area contributed by atoms with Crippen LogP contribution in [0, 0.1) is 0 Å². The normalized spacial score (nSPS) is 19.9. The van der Waals surface area contributed by atoms with Crippen molar-refractivity contribution in [2.24, 2.45) is 0 Å². The molecule has 0 aromatic heterocycles. The van der Waals surface area contributed by atoms with Crippen molar-refractivity contribution >= 4 is 29.0 Å². The maximum absolute atomic E-state index is 12.5. The minimum absolute atomic E-state index is 0.0436. The summed E-state index contributed by atoms with van der Waals surface area (Å²) >= 11 is 0. The minimum Gasteiger partial charge on any atom is -0.493 e. The molecule has 0 saturated carbocycles. The van der Waals surface area contributed by atoms with Gasteiger partial charge in [0.1, 0.15) is 6.04 Å². The first-order valence-corrected chi connectivity index (χ1v) is 9.05. The van der Waals surface area contributed by atoms with Crippen molar-refractivity contribution in [1.29, 1.82) is 0 Å². The number of carbonyl (C=O) groups is 2. The number of ether oxygens (including phenoxy) is 2. The van der Waals surface area contributed by atoms with Crippen LogP contribution in [0.1, 0.15) is 6.42 Å². The van der Waals surface area contributed by atoms with Crippen molar-refractivity contribution in [3.8, 4) is 11.5 Å². The summed E-state index contributed by atoms with van der Waals surface area (Å²) in [6.07, 6.45) is 0.544. The molecular weight excluding hydrogens is 360 g/mol. The fourth-order valence-electron chi connectivity index (χ4n) is 3.83. The lowest BCUT2D eigenvalue weighted by molar-refractivity contribution is -0.117. The summed E-state index contributed by atoms with van der Waals surface area (Å²) in [6.45, 7) is 0.567. The number of methoxy groups -OCH3 is 2. The van der Waals surface area contributed by atoms with Gasteiger partial charge in [0.05, 0.1) is 37.3 Å². The van der Waals surface area contributed by atoms with Gasteiger partial charge in [0.15, 0.2) is 11.5 Å². The fourth-order valence-corrected chi connectivity index (χ4v) is 3.83. The molecule has 2 aromatic rings. The second-order valence-corrected chi connectivity index (χ2v) is 6.75. The Morgan fingerprint density at radius 2 is 1.96 bits per heavy atom. The monoisotopic (exact) mass is 382 g/mol. The standard InChI is InChI=1S/C20H22N4O4/c1-27-17-9-5-7-14(18(17)28-2)23-20(26)21-12-10-16-19(25)22-13-6-3-4-8-15(13)24(16)11-12/h3-9,12,16H,10-11H2,1-2H3,(H,22,25)(H2,21,23,26). The summed E-state index contributed by atoms with van der Waals surface area (Å²) in [4.78, 5) is 27.0. The molecule has 2 aliphatic rings. The number of carbonyl (C=O) groups excluding carboxylic acids is 2. The molecule has 2 unspecified atom stereocenters. The third-order valence-electron chi connectivity index (χ3n) is 5.06. The number of nitrogens with zero attached hydrogens (tertiary/aromatic N) is 1. The lowest BCUT2D eigenvalue weighted by Gasteiger charge is -2.32. The Bertz CT molecular complexity index is 917. The zero-order valence-corrected chi connectivity index (χ0v) is 15.7. The molecule has 146 valence electrons. The molecule has 4 rings (SSSR count). The number of anilines is 3. The van der Waals surface area contributed by atoms with Gasteiger partial charge in [-0.3, -0.25) is 4.79 Å². The average Bonchev–Trinajstić information content (AvgIpc) is 3.12. The summed E-state index contributed by atoms with van der Waals surface area (Å²) in [7, 11) is 3.06. The van der Waals surface area contributed by atoms with Crippen LogP contribution in [-0.2, 0) is 4.79 Å². The van der Waals surface area contributed by atoms with Gasteiger partial charge < -0.3 is 30.3 Å². The van der Waals surface area contributed by atoms with Gasteiger partial charge in [-0.25, -0.2) is 4.79 Å². The molecule has 3 amide bonds. The molecule has 3 N–H and O–H groups in total. The van der Waals surface area contributed by atoms with Crippen molar-refractivity contribution in [2.75, 3.05) is 36.3 Å². The third-order valence-corrected chi connectivity index (χ3v) is 5.06. The zero-order chi connectivity index (χ0) is 19.7. The summed E-state index contributed by atoms with van der Waals surface area (Å²) in [5.41, 5.74) is 2.29. The van der Waals surface area contributed by atoms with Crippen LogP contribution in [-0.4, -0.2) is 44.8 Å². The Morgan fingerprint density at radius 1 is 1.14 bits per heavy atom. The maximum atomic E-state index is 12.5. The molecule has 28 heavy (non-hydrogen) atoms. The summed E-state index contributed by atoms with van der Waals surface area (Å²) in [5, 5.41) is 8.69. The Balaban J connectivity index is 1.45. The molecule has 2 aromatic carbocycles. The number of rotatable bonds is 4. The number of urea groups is 1. The van der Waals surface area contributed by atoms with Crippen molar-refractivity contribution in [1.82, 2.24) is 5.32 Å². The highest BCUT2D eigenvalue weighted by Crippen LogP contribution is 2.37. The lowest BCUT2D eigenvalue weighted by Crippen LogP contribution is -2.44. The van der Waals surface area contributed by atoms with Crippen molar-refractivity contribution < 1.29 is 19.1 Å². The molecule has 2 aliphatic heterocycles. The number of hydrogen-bond donors (Lipinski definition) is 3. The molecule has 2 atom stereocenters. The van der Waals surface area contributed by atoms with Gasteiger partial charge in [0.25, 0.3) is 0 Å². The molecule has 8 heteroatoms. The highest BCUT2D eigenvalue weighted by atomic mass is 16.5. The topological polar surface area (TPSA) is 91.9 Å². The van der Waals surface area contributed by atoms with Crippen molar-refractivity contribution in [2.45, 2.75) is 18.5 Å². The van der Waals surface area contributed by atoms with Crippen molar-refractivity contribution in [3.63, 3.8) is 0 Å². The Kier molecular flexibility index (Phi) is 4.68. The fraction of sp³-hybridized carbons (Fsp3) is 0.300. The molecule has 0 spiro atoms. The molecule has 8 nitrogen and oxygen atoms in total. The third kappa shape index (κ3) is 3.17. The maximum Gasteiger partial charge on any atom is 0.319 e. The first-order chi connectivity index (χ1) is 13.6. The SMILES string of the molecule is COc1cccc(NC(=O)NC2CC3C(=O)Nc4ccccc4N3C2)c1OC. The van der Waals surface area contributed by atoms with Crippen LogP contribution in [0.5, 0.6) is 11.5 Å². The minimum atomic E-state index is -0.356. The van der Waals surface area contributed by atoms with Gasteiger partial charge in [-0.2, -0.15) is 0 Å². The van der Waals surface area contributed by atoms with E-state index in [-0.39, 0.29) is 24.0 Å². The van der Waals surface area contributed by atoms with Crippen molar-refractivity contribution in [3.05, 3.63) is 42.5 Å². The largest absolute Gasteiger partial charge is 0.493 e. The van der Waals surface area contributed by atoms with E-state index in [2.05, 4.69) is 16.0 Å². The molecule has 0 bridgehead atoms. The first-order valence-electron chi connectivity index (χ1n) is 9.05. The van der Waals surface area contributed by atoms with Crippen LogP contribution in [0.3, 0.4) is 0 Å². The number of para-hydroxylation sites is 3. The Morgan fingerprint density at radius 3 is 2.75 bits per heavy atom. The molecule has 0 aliphatic carbocycles. The van der Waals surface area contributed by atoms with E-state index in [0.29, 0.717) is 30.2 Å². The number of amides is 3. The average molecular weight is 382 g/mol. The number of hydrogen-bond acceptors (Lipinski definition) is 5. The van der Waals surface area contributed by atoms with Gasteiger partial charge in [0.2, 0.25) is 5.91 Å². The lowest BCUT2D eigenvalue weighted by atomic mass is 10.1. The van der Waals surface area contributed by atoms with E-state index in [1.807, 2.05) is 29.2 Å². The number of fused-ring (bicyclic) bond motifs is 3. The van der Waals surface area contributed by atoms with Crippen LogP contribution < -0.4 is 30.3 Å². The van der Waals surface area contributed by atoms with Gasteiger partial charge in [0, 0.05) is 6.54 Å². The van der Waals surface area contributed by atoms with E-state index in [4.69, 9.17) is 9.47 Å². The summed E-state index contributed by atoms with van der Waals surface area (Å²) < 4.78 is 10.6. The van der Waals surface area contributed by atoms with Crippen LogP contribution in [0.25, 0.3) is 0 Å². The molecular formula is C20H22N4O4. The molecule has 1 fully saturated rings. The van der Waals surface area contributed by atoms with Gasteiger partial charge in [-0.15, -0.1) is 0 Å². The van der Waals surface area contributed by atoms with E-state index >= 15 is 0 Å². The van der Waals surface area contributed by atoms with Crippen LogP contribution in [0.15, 0.2) is 42.5 Å². The quantitative estimate of drug-likeness (QED) is 0.755. The van der Waals surface area contributed by atoms with E-state index in [9.17, 15) is 9.59 Å². The molecule has 0 radical (unpaired) electrons. The zero-order valence-electron chi connectivity index (χ0n) is 15.7.